The minimum absolute atomic E-state index is 0.0277. The molecule has 1 aromatic heterocycles. The van der Waals surface area contributed by atoms with E-state index in [9.17, 15) is 9.59 Å². The van der Waals surface area contributed by atoms with Crippen molar-refractivity contribution in [3.8, 4) is 0 Å². The lowest BCUT2D eigenvalue weighted by molar-refractivity contribution is -0.141. The summed E-state index contributed by atoms with van der Waals surface area (Å²) in [6.07, 6.45) is 4.92. The minimum atomic E-state index is -0.789. The van der Waals surface area contributed by atoms with Gasteiger partial charge >= 0.3 is 5.97 Å². The summed E-state index contributed by atoms with van der Waals surface area (Å²) >= 11 is 0. The van der Waals surface area contributed by atoms with Gasteiger partial charge in [0, 0.05) is 25.1 Å². The van der Waals surface area contributed by atoms with Gasteiger partial charge in [0.15, 0.2) is 0 Å². The fourth-order valence-electron chi connectivity index (χ4n) is 2.48. The molecule has 1 aliphatic carbocycles. The number of carboxylic acids is 1. The molecule has 1 fully saturated rings. The summed E-state index contributed by atoms with van der Waals surface area (Å²) in [6.45, 7) is 0.504. The Morgan fingerprint density at radius 1 is 1.44 bits per heavy atom. The SMILES string of the molecule is CN(Cc1ccoc1)C(=O)[C@@H]1CC[C@H](C(=O)O)C1. The lowest BCUT2D eigenvalue weighted by Crippen LogP contribution is -2.31. The first-order valence-corrected chi connectivity index (χ1v) is 6.06. The fourth-order valence-corrected chi connectivity index (χ4v) is 2.48. The average Bonchev–Trinajstić information content (AvgIpc) is 2.98. The van der Waals surface area contributed by atoms with Crippen molar-refractivity contribution in [2.24, 2.45) is 11.8 Å². The molecule has 1 heterocycles. The molecule has 98 valence electrons. The van der Waals surface area contributed by atoms with Crippen molar-refractivity contribution in [2.45, 2.75) is 25.8 Å². The van der Waals surface area contributed by atoms with Crippen LogP contribution in [0, 0.1) is 11.8 Å². The number of hydrogen-bond donors (Lipinski definition) is 1. The number of nitrogens with zero attached hydrogens (tertiary/aromatic N) is 1. The highest BCUT2D eigenvalue weighted by Gasteiger charge is 2.35. The zero-order chi connectivity index (χ0) is 13.1. The topological polar surface area (TPSA) is 70.8 Å². The van der Waals surface area contributed by atoms with E-state index in [1.807, 2.05) is 6.07 Å². The summed E-state index contributed by atoms with van der Waals surface area (Å²) in [5, 5.41) is 8.92. The van der Waals surface area contributed by atoms with Gasteiger partial charge in [0.25, 0.3) is 0 Å². The third-order valence-corrected chi connectivity index (χ3v) is 3.51. The van der Waals surface area contributed by atoms with Crippen LogP contribution in [0.2, 0.25) is 0 Å². The number of carbonyl (C=O) groups excluding carboxylic acids is 1. The standard InChI is InChI=1S/C13H17NO4/c1-14(7-9-4-5-18-8-9)12(15)10-2-3-11(6-10)13(16)17/h4-5,8,10-11H,2-3,6-7H2,1H3,(H,16,17)/t10-,11+/m1/s1. The van der Waals surface area contributed by atoms with Gasteiger partial charge in [0.2, 0.25) is 5.91 Å². The van der Waals surface area contributed by atoms with E-state index in [2.05, 4.69) is 0 Å². The van der Waals surface area contributed by atoms with E-state index in [1.54, 1.807) is 24.5 Å². The number of amides is 1. The molecule has 5 heteroatoms. The van der Waals surface area contributed by atoms with Gasteiger partial charge in [-0.2, -0.15) is 0 Å². The average molecular weight is 251 g/mol. The highest BCUT2D eigenvalue weighted by Crippen LogP contribution is 2.32. The molecule has 18 heavy (non-hydrogen) atoms. The van der Waals surface area contributed by atoms with Crippen molar-refractivity contribution >= 4 is 11.9 Å². The smallest absolute Gasteiger partial charge is 0.306 e. The van der Waals surface area contributed by atoms with E-state index in [1.165, 1.54) is 0 Å². The molecular formula is C13H17NO4. The van der Waals surface area contributed by atoms with Crippen molar-refractivity contribution in [3.05, 3.63) is 24.2 Å². The Hall–Kier alpha value is -1.78. The molecule has 1 N–H and O–H groups in total. The van der Waals surface area contributed by atoms with E-state index in [-0.39, 0.29) is 17.7 Å². The second-order valence-electron chi connectivity index (χ2n) is 4.87. The summed E-state index contributed by atoms with van der Waals surface area (Å²) in [7, 11) is 1.74. The number of carboxylic acid groups (broad SMARTS) is 1. The van der Waals surface area contributed by atoms with Crippen molar-refractivity contribution in [1.82, 2.24) is 4.90 Å². The molecule has 5 nitrogen and oxygen atoms in total. The Labute approximate surface area is 105 Å². The lowest BCUT2D eigenvalue weighted by atomic mass is 10.0. The molecule has 0 aromatic carbocycles. The van der Waals surface area contributed by atoms with Crippen molar-refractivity contribution < 1.29 is 19.1 Å². The van der Waals surface area contributed by atoms with Crippen LogP contribution in [0.4, 0.5) is 0 Å². The molecule has 0 spiro atoms. The molecule has 0 saturated heterocycles. The zero-order valence-corrected chi connectivity index (χ0v) is 10.3. The van der Waals surface area contributed by atoms with E-state index < -0.39 is 5.97 Å². The second-order valence-corrected chi connectivity index (χ2v) is 4.87. The molecule has 1 aliphatic rings. The molecule has 2 atom stereocenters. The van der Waals surface area contributed by atoms with Crippen molar-refractivity contribution in [3.63, 3.8) is 0 Å². The number of hydrogen-bond acceptors (Lipinski definition) is 3. The Kier molecular flexibility index (Phi) is 3.69. The van der Waals surface area contributed by atoms with Crippen LogP contribution >= 0.6 is 0 Å². The molecule has 2 rings (SSSR count). The molecule has 0 aliphatic heterocycles. The molecule has 1 amide bonds. The molecular weight excluding hydrogens is 234 g/mol. The maximum atomic E-state index is 12.1. The normalized spacial score (nSPS) is 22.9. The molecule has 0 unspecified atom stereocenters. The highest BCUT2D eigenvalue weighted by molar-refractivity contribution is 5.80. The summed E-state index contributed by atoms with van der Waals surface area (Å²) in [6, 6.07) is 1.82. The third-order valence-electron chi connectivity index (χ3n) is 3.51. The van der Waals surface area contributed by atoms with Crippen molar-refractivity contribution in [1.29, 1.82) is 0 Å². The van der Waals surface area contributed by atoms with Crippen molar-refractivity contribution in [2.75, 3.05) is 7.05 Å². The molecule has 0 radical (unpaired) electrons. The second kappa shape index (κ2) is 5.25. The Balaban J connectivity index is 1.90. The van der Waals surface area contributed by atoms with Gasteiger partial charge in [0.1, 0.15) is 0 Å². The zero-order valence-electron chi connectivity index (χ0n) is 10.3. The first kappa shape index (κ1) is 12.7. The number of aliphatic carboxylic acids is 1. The first-order valence-electron chi connectivity index (χ1n) is 6.06. The van der Waals surface area contributed by atoms with Gasteiger partial charge in [-0.3, -0.25) is 9.59 Å². The van der Waals surface area contributed by atoms with Crippen LogP contribution in [0.1, 0.15) is 24.8 Å². The highest BCUT2D eigenvalue weighted by atomic mass is 16.4. The van der Waals surface area contributed by atoms with E-state index in [4.69, 9.17) is 9.52 Å². The largest absolute Gasteiger partial charge is 0.481 e. The van der Waals surface area contributed by atoms with Gasteiger partial charge in [-0.1, -0.05) is 0 Å². The summed E-state index contributed by atoms with van der Waals surface area (Å²) in [4.78, 5) is 24.6. The van der Waals surface area contributed by atoms with Crippen LogP contribution in [0.5, 0.6) is 0 Å². The maximum absolute atomic E-state index is 12.1. The first-order chi connectivity index (χ1) is 8.58. The predicted octanol–water partition coefficient (Wildman–Crippen LogP) is 1.74. The number of furan rings is 1. The van der Waals surface area contributed by atoms with Gasteiger partial charge in [-0.05, 0) is 25.3 Å². The lowest BCUT2D eigenvalue weighted by Gasteiger charge is -2.20. The van der Waals surface area contributed by atoms with Gasteiger partial charge in [-0.25, -0.2) is 0 Å². The quantitative estimate of drug-likeness (QED) is 0.884. The Morgan fingerprint density at radius 3 is 2.72 bits per heavy atom. The van der Waals surface area contributed by atoms with E-state index in [0.29, 0.717) is 25.8 Å². The maximum Gasteiger partial charge on any atom is 0.306 e. The molecule has 0 bridgehead atoms. The molecule has 1 saturated carbocycles. The Morgan fingerprint density at radius 2 is 2.17 bits per heavy atom. The third kappa shape index (κ3) is 2.72. The summed E-state index contributed by atoms with van der Waals surface area (Å²) < 4.78 is 4.95. The predicted molar refractivity (Wildman–Crippen MR) is 63.6 cm³/mol. The van der Waals surface area contributed by atoms with Crippen LogP contribution in [0.25, 0.3) is 0 Å². The minimum Gasteiger partial charge on any atom is -0.481 e. The van der Waals surface area contributed by atoms with Gasteiger partial charge < -0.3 is 14.4 Å². The van der Waals surface area contributed by atoms with Gasteiger partial charge in [-0.15, -0.1) is 0 Å². The van der Waals surface area contributed by atoms with E-state index in [0.717, 1.165) is 5.56 Å². The van der Waals surface area contributed by atoms with Crippen LogP contribution in [-0.4, -0.2) is 28.9 Å². The number of carbonyl (C=O) groups is 2. The van der Waals surface area contributed by atoms with Gasteiger partial charge in [0.05, 0.1) is 18.4 Å². The van der Waals surface area contributed by atoms with Crippen LogP contribution in [0.3, 0.4) is 0 Å². The summed E-state index contributed by atoms with van der Waals surface area (Å²) in [5.41, 5.74) is 0.943. The van der Waals surface area contributed by atoms with E-state index >= 15 is 0 Å². The Bertz CT molecular complexity index is 426. The summed E-state index contributed by atoms with van der Waals surface area (Å²) in [5.74, 6) is -1.27. The molecule has 1 aromatic rings. The van der Waals surface area contributed by atoms with Crippen LogP contribution < -0.4 is 0 Å². The fraction of sp³-hybridized carbons (Fsp3) is 0.538. The van der Waals surface area contributed by atoms with Crippen LogP contribution in [-0.2, 0) is 16.1 Å². The van der Waals surface area contributed by atoms with Crippen LogP contribution in [0.15, 0.2) is 23.0 Å². The number of rotatable bonds is 4. The monoisotopic (exact) mass is 251 g/mol.